The van der Waals surface area contributed by atoms with Gasteiger partial charge in [0.1, 0.15) is 0 Å². The molecule has 0 amide bonds. The van der Waals surface area contributed by atoms with Crippen LogP contribution in [0.5, 0.6) is 0 Å². The molecular formula is C12H13N3O4S. The second-order valence-electron chi connectivity index (χ2n) is 4.14. The molecule has 0 saturated heterocycles. The molecule has 0 spiro atoms. The van der Waals surface area contributed by atoms with E-state index in [2.05, 4.69) is 14.9 Å². The highest BCUT2D eigenvalue weighted by molar-refractivity contribution is 7.89. The lowest BCUT2D eigenvalue weighted by atomic mass is 10.1. The molecule has 2 aromatic rings. The van der Waals surface area contributed by atoms with E-state index in [4.69, 9.17) is 5.11 Å². The summed E-state index contributed by atoms with van der Waals surface area (Å²) in [4.78, 5) is 11.0. The van der Waals surface area contributed by atoms with Crippen molar-refractivity contribution in [2.45, 2.75) is 18.4 Å². The Hall–Kier alpha value is -2.19. The Morgan fingerprint density at radius 3 is 2.75 bits per heavy atom. The Bertz CT molecular complexity index is 723. The van der Waals surface area contributed by atoms with E-state index in [1.165, 1.54) is 31.3 Å². The van der Waals surface area contributed by atoms with E-state index < -0.39 is 16.0 Å². The number of hydrogen-bond acceptors (Lipinski definition) is 4. The Morgan fingerprint density at radius 2 is 2.15 bits per heavy atom. The summed E-state index contributed by atoms with van der Waals surface area (Å²) >= 11 is 0. The van der Waals surface area contributed by atoms with Crippen molar-refractivity contribution in [3.05, 3.63) is 47.3 Å². The molecule has 0 radical (unpaired) electrons. The molecule has 20 heavy (non-hydrogen) atoms. The number of nitrogens with one attached hydrogen (secondary N) is 2. The van der Waals surface area contributed by atoms with Crippen LogP contribution in [-0.2, 0) is 16.6 Å². The van der Waals surface area contributed by atoms with Gasteiger partial charge in [0.2, 0.25) is 10.0 Å². The van der Waals surface area contributed by atoms with Gasteiger partial charge in [-0.25, -0.2) is 17.9 Å². The number of carboxylic acid groups (broad SMARTS) is 1. The monoisotopic (exact) mass is 295 g/mol. The highest BCUT2D eigenvalue weighted by Gasteiger charge is 2.20. The van der Waals surface area contributed by atoms with Gasteiger partial charge in [-0.15, -0.1) is 0 Å². The summed E-state index contributed by atoms with van der Waals surface area (Å²) < 4.78 is 26.8. The molecule has 0 bridgehead atoms. The fourth-order valence-electron chi connectivity index (χ4n) is 1.77. The van der Waals surface area contributed by atoms with Gasteiger partial charge in [-0.3, -0.25) is 5.10 Å². The number of rotatable bonds is 5. The maximum absolute atomic E-state index is 12.2. The largest absolute Gasteiger partial charge is 0.478 e. The molecule has 0 aliphatic rings. The number of benzene rings is 1. The molecule has 0 aliphatic heterocycles. The van der Waals surface area contributed by atoms with Gasteiger partial charge in [0.15, 0.2) is 0 Å². The minimum Gasteiger partial charge on any atom is -0.478 e. The smallest absolute Gasteiger partial charge is 0.335 e. The number of H-pyrrole nitrogens is 1. The quantitative estimate of drug-likeness (QED) is 0.758. The van der Waals surface area contributed by atoms with Gasteiger partial charge in [0, 0.05) is 6.20 Å². The molecule has 0 aliphatic carbocycles. The minimum atomic E-state index is -3.78. The van der Waals surface area contributed by atoms with E-state index in [-0.39, 0.29) is 22.6 Å². The van der Waals surface area contributed by atoms with Crippen LogP contribution in [0.4, 0.5) is 0 Å². The molecule has 106 valence electrons. The number of carboxylic acids is 1. The molecular weight excluding hydrogens is 282 g/mol. The summed E-state index contributed by atoms with van der Waals surface area (Å²) in [6, 6.07) is 5.78. The molecule has 0 fully saturated rings. The van der Waals surface area contributed by atoms with E-state index in [0.29, 0.717) is 5.69 Å². The van der Waals surface area contributed by atoms with Crippen molar-refractivity contribution >= 4 is 16.0 Å². The Kier molecular flexibility index (Phi) is 3.86. The minimum absolute atomic E-state index is 0.0329. The van der Waals surface area contributed by atoms with Gasteiger partial charge >= 0.3 is 5.97 Å². The van der Waals surface area contributed by atoms with E-state index >= 15 is 0 Å². The Balaban J connectivity index is 2.30. The molecule has 0 saturated carbocycles. The second kappa shape index (κ2) is 5.43. The van der Waals surface area contributed by atoms with Crippen molar-refractivity contribution < 1.29 is 18.3 Å². The van der Waals surface area contributed by atoms with Crippen LogP contribution in [0.25, 0.3) is 0 Å². The standard InChI is InChI=1S/C12H13N3O4S/c1-8-10(12(16)17)3-2-4-11(8)20(18,19)14-7-9-5-6-13-15-9/h2-6,14H,7H2,1H3,(H,13,15)(H,16,17). The van der Waals surface area contributed by atoms with Crippen molar-refractivity contribution in [2.24, 2.45) is 0 Å². The lowest BCUT2D eigenvalue weighted by Gasteiger charge is -2.10. The van der Waals surface area contributed by atoms with E-state index in [0.717, 1.165) is 0 Å². The zero-order valence-electron chi connectivity index (χ0n) is 10.6. The summed E-state index contributed by atoms with van der Waals surface area (Å²) in [6.45, 7) is 1.52. The average molecular weight is 295 g/mol. The maximum Gasteiger partial charge on any atom is 0.335 e. The summed E-state index contributed by atoms with van der Waals surface area (Å²) in [5.41, 5.74) is 0.784. The number of aromatic amines is 1. The molecule has 3 N–H and O–H groups in total. The lowest BCUT2D eigenvalue weighted by Crippen LogP contribution is -2.24. The van der Waals surface area contributed by atoms with Gasteiger partial charge in [0.25, 0.3) is 0 Å². The molecule has 2 rings (SSSR count). The van der Waals surface area contributed by atoms with Crippen LogP contribution in [0.1, 0.15) is 21.6 Å². The van der Waals surface area contributed by atoms with Crippen LogP contribution in [-0.4, -0.2) is 29.7 Å². The first-order chi connectivity index (χ1) is 9.42. The van der Waals surface area contributed by atoms with Gasteiger partial charge < -0.3 is 5.11 Å². The fraction of sp³-hybridized carbons (Fsp3) is 0.167. The number of carbonyl (C=O) groups is 1. The predicted molar refractivity (Wildman–Crippen MR) is 70.8 cm³/mol. The second-order valence-corrected chi connectivity index (χ2v) is 5.88. The van der Waals surface area contributed by atoms with E-state index in [1.54, 1.807) is 6.07 Å². The normalized spacial score (nSPS) is 11.4. The summed E-state index contributed by atoms with van der Waals surface area (Å²) in [5, 5.41) is 15.4. The highest BCUT2D eigenvalue weighted by Crippen LogP contribution is 2.19. The van der Waals surface area contributed by atoms with Crippen LogP contribution >= 0.6 is 0 Å². The molecule has 1 aromatic heterocycles. The zero-order chi connectivity index (χ0) is 14.8. The zero-order valence-corrected chi connectivity index (χ0v) is 11.4. The Morgan fingerprint density at radius 1 is 1.40 bits per heavy atom. The summed E-state index contributed by atoms with van der Waals surface area (Å²) in [6.07, 6.45) is 1.51. The van der Waals surface area contributed by atoms with Crippen molar-refractivity contribution in [1.82, 2.24) is 14.9 Å². The SMILES string of the molecule is Cc1c(C(=O)O)cccc1S(=O)(=O)NCc1ccn[nH]1. The van der Waals surface area contributed by atoms with Crippen molar-refractivity contribution in [1.29, 1.82) is 0 Å². The number of aromatic carboxylic acids is 1. The molecule has 1 heterocycles. The highest BCUT2D eigenvalue weighted by atomic mass is 32.2. The third-order valence-electron chi connectivity index (χ3n) is 2.82. The predicted octanol–water partition coefficient (Wildman–Crippen LogP) is 0.895. The van der Waals surface area contributed by atoms with Gasteiger partial charge in [-0.2, -0.15) is 5.10 Å². The fourth-order valence-corrected chi connectivity index (χ4v) is 3.04. The molecule has 0 unspecified atom stereocenters. The van der Waals surface area contributed by atoms with E-state index in [1.807, 2.05) is 0 Å². The van der Waals surface area contributed by atoms with Crippen molar-refractivity contribution in [3.8, 4) is 0 Å². The number of sulfonamides is 1. The average Bonchev–Trinajstić information content (AvgIpc) is 2.89. The molecule has 7 nitrogen and oxygen atoms in total. The first-order valence-corrected chi connectivity index (χ1v) is 7.21. The van der Waals surface area contributed by atoms with Gasteiger partial charge in [-0.1, -0.05) is 6.07 Å². The van der Waals surface area contributed by atoms with Crippen LogP contribution in [0.15, 0.2) is 35.4 Å². The molecule has 8 heteroatoms. The van der Waals surface area contributed by atoms with Crippen LogP contribution in [0.2, 0.25) is 0 Å². The summed E-state index contributed by atoms with van der Waals surface area (Å²) in [5.74, 6) is -1.16. The van der Waals surface area contributed by atoms with Crippen LogP contribution in [0, 0.1) is 6.92 Å². The van der Waals surface area contributed by atoms with Crippen molar-refractivity contribution in [2.75, 3.05) is 0 Å². The summed E-state index contributed by atoms with van der Waals surface area (Å²) in [7, 11) is -3.78. The number of nitrogens with zero attached hydrogens (tertiary/aromatic N) is 1. The van der Waals surface area contributed by atoms with E-state index in [9.17, 15) is 13.2 Å². The van der Waals surface area contributed by atoms with Gasteiger partial charge in [-0.05, 0) is 30.7 Å². The number of hydrogen-bond donors (Lipinski definition) is 3. The molecule has 1 aromatic carbocycles. The lowest BCUT2D eigenvalue weighted by molar-refractivity contribution is 0.0696. The third-order valence-corrected chi connectivity index (χ3v) is 4.36. The molecule has 0 atom stereocenters. The van der Waals surface area contributed by atoms with Crippen LogP contribution in [0.3, 0.4) is 0 Å². The maximum atomic E-state index is 12.2. The third kappa shape index (κ3) is 2.86. The Labute approximate surface area is 115 Å². The topological polar surface area (TPSA) is 112 Å². The number of aromatic nitrogens is 2. The van der Waals surface area contributed by atoms with Gasteiger partial charge in [0.05, 0.1) is 22.7 Å². The van der Waals surface area contributed by atoms with Crippen LogP contribution < -0.4 is 4.72 Å². The van der Waals surface area contributed by atoms with Crippen molar-refractivity contribution in [3.63, 3.8) is 0 Å². The first kappa shape index (κ1) is 14.2. The first-order valence-electron chi connectivity index (χ1n) is 5.72.